The zero-order chi connectivity index (χ0) is 14.5. The van der Waals surface area contributed by atoms with Gasteiger partial charge in [-0.2, -0.15) is 0 Å². The van der Waals surface area contributed by atoms with Crippen LogP contribution in [0.4, 0.5) is 0 Å². The topological polar surface area (TPSA) is 105 Å². The van der Waals surface area contributed by atoms with Crippen LogP contribution in [0, 0.1) is 0 Å². The van der Waals surface area contributed by atoms with Crippen molar-refractivity contribution in [3.63, 3.8) is 0 Å². The normalized spacial score (nSPS) is 13.8. The summed E-state index contributed by atoms with van der Waals surface area (Å²) in [6.45, 7) is 3.82. The second-order valence-electron chi connectivity index (χ2n) is 4.28. The first-order chi connectivity index (χ1) is 9.00. The standard InChI is InChI=1S/C12H19N3O3S/c1-3-9-14-8(7-19-9)12(4-2,11(18)15-13)6-5-10(16)17/h7H,3-6,13H2,1-2H3,(H,15,18)(H,16,17). The van der Waals surface area contributed by atoms with Gasteiger partial charge in [-0.3, -0.25) is 15.0 Å². The van der Waals surface area contributed by atoms with Crippen LogP contribution in [-0.2, 0) is 21.4 Å². The Morgan fingerprint density at radius 3 is 2.63 bits per heavy atom. The molecule has 0 saturated heterocycles. The monoisotopic (exact) mass is 285 g/mol. The molecule has 106 valence electrons. The van der Waals surface area contributed by atoms with Crippen LogP contribution in [0.1, 0.15) is 43.8 Å². The van der Waals surface area contributed by atoms with E-state index in [4.69, 9.17) is 10.9 Å². The van der Waals surface area contributed by atoms with Gasteiger partial charge in [-0.15, -0.1) is 11.3 Å². The van der Waals surface area contributed by atoms with Crippen molar-refractivity contribution in [3.05, 3.63) is 16.1 Å². The molecule has 1 heterocycles. The molecule has 1 aromatic rings. The van der Waals surface area contributed by atoms with E-state index in [0.29, 0.717) is 12.1 Å². The number of carboxylic acid groups (broad SMARTS) is 1. The van der Waals surface area contributed by atoms with Crippen LogP contribution in [0.15, 0.2) is 5.38 Å². The molecule has 4 N–H and O–H groups in total. The minimum atomic E-state index is -0.961. The molecule has 0 aliphatic rings. The lowest BCUT2D eigenvalue weighted by Crippen LogP contribution is -2.47. The van der Waals surface area contributed by atoms with Crippen LogP contribution in [0.5, 0.6) is 0 Å². The van der Waals surface area contributed by atoms with E-state index in [1.807, 2.05) is 19.2 Å². The summed E-state index contributed by atoms with van der Waals surface area (Å²) < 4.78 is 0. The van der Waals surface area contributed by atoms with E-state index in [0.717, 1.165) is 11.4 Å². The maximum atomic E-state index is 12.1. The quantitative estimate of drug-likeness (QED) is 0.397. The number of carbonyl (C=O) groups is 2. The molecule has 1 amide bonds. The van der Waals surface area contributed by atoms with E-state index in [1.165, 1.54) is 11.3 Å². The Kier molecular flexibility index (Phi) is 5.44. The number of nitrogens with one attached hydrogen (secondary N) is 1. The number of carbonyl (C=O) groups excluding carboxylic acids is 1. The number of hydrogen-bond acceptors (Lipinski definition) is 5. The summed E-state index contributed by atoms with van der Waals surface area (Å²) in [5.41, 5.74) is 1.79. The highest BCUT2D eigenvalue weighted by molar-refractivity contribution is 7.09. The number of rotatable bonds is 7. The van der Waals surface area contributed by atoms with E-state index in [9.17, 15) is 9.59 Å². The van der Waals surface area contributed by atoms with Crippen LogP contribution in [0.2, 0.25) is 0 Å². The molecule has 0 saturated carbocycles. The van der Waals surface area contributed by atoms with Gasteiger partial charge < -0.3 is 5.11 Å². The van der Waals surface area contributed by atoms with Gasteiger partial charge in [0.05, 0.1) is 16.1 Å². The Bertz CT molecular complexity index is 461. The summed E-state index contributed by atoms with van der Waals surface area (Å²) >= 11 is 1.47. The van der Waals surface area contributed by atoms with Gasteiger partial charge in [-0.05, 0) is 19.3 Å². The van der Waals surface area contributed by atoms with Gasteiger partial charge in [-0.1, -0.05) is 13.8 Å². The minimum Gasteiger partial charge on any atom is -0.481 e. The number of amides is 1. The number of thiazole rings is 1. The van der Waals surface area contributed by atoms with E-state index in [-0.39, 0.29) is 18.7 Å². The number of aliphatic carboxylic acids is 1. The number of carboxylic acids is 1. The van der Waals surface area contributed by atoms with Crippen LogP contribution >= 0.6 is 11.3 Å². The van der Waals surface area contributed by atoms with Gasteiger partial charge in [-0.25, -0.2) is 10.8 Å². The maximum Gasteiger partial charge on any atom is 0.303 e. The smallest absolute Gasteiger partial charge is 0.303 e. The van der Waals surface area contributed by atoms with E-state index < -0.39 is 11.4 Å². The maximum absolute atomic E-state index is 12.1. The molecule has 1 atom stereocenters. The van der Waals surface area contributed by atoms with Gasteiger partial charge in [0, 0.05) is 11.8 Å². The van der Waals surface area contributed by atoms with E-state index in [1.54, 1.807) is 0 Å². The van der Waals surface area contributed by atoms with Crippen molar-refractivity contribution in [2.45, 2.75) is 44.9 Å². The number of nitrogens with zero attached hydrogens (tertiary/aromatic N) is 1. The molecule has 0 bridgehead atoms. The molecule has 7 heteroatoms. The van der Waals surface area contributed by atoms with Crippen molar-refractivity contribution in [2.75, 3.05) is 0 Å². The molecule has 0 aliphatic carbocycles. The number of aryl methyl sites for hydroxylation is 1. The highest BCUT2D eigenvalue weighted by atomic mass is 32.1. The van der Waals surface area contributed by atoms with E-state index in [2.05, 4.69) is 10.4 Å². The van der Waals surface area contributed by atoms with Crippen molar-refractivity contribution in [2.24, 2.45) is 5.84 Å². The lowest BCUT2D eigenvalue weighted by Gasteiger charge is -2.28. The number of hydrogen-bond donors (Lipinski definition) is 3. The molecule has 0 aromatic carbocycles. The summed E-state index contributed by atoms with van der Waals surface area (Å²) in [6.07, 6.45) is 1.33. The summed E-state index contributed by atoms with van der Waals surface area (Å²) in [4.78, 5) is 27.3. The van der Waals surface area contributed by atoms with Crippen molar-refractivity contribution < 1.29 is 14.7 Å². The zero-order valence-corrected chi connectivity index (χ0v) is 11.9. The van der Waals surface area contributed by atoms with Gasteiger partial charge in [0.1, 0.15) is 0 Å². The molecule has 0 aliphatic heterocycles. The fraction of sp³-hybridized carbons (Fsp3) is 0.583. The van der Waals surface area contributed by atoms with Crippen LogP contribution in [0.3, 0.4) is 0 Å². The first-order valence-corrected chi connectivity index (χ1v) is 7.05. The first kappa shape index (κ1) is 15.6. The summed E-state index contributed by atoms with van der Waals surface area (Å²) in [5, 5.41) is 11.6. The third-order valence-electron chi connectivity index (χ3n) is 3.28. The van der Waals surface area contributed by atoms with Gasteiger partial charge in [0.15, 0.2) is 0 Å². The number of nitrogens with two attached hydrogens (primary N) is 1. The average Bonchev–Trinajstić information content (AvgIpc) is 2.88. The molecule has 6 nitrogen and oxygen atoms in total. The minimum absolute atomic E-state index is 0.0970. The SMILES string of the molecule is CCc1nc(C(CC)(CCC(=O)O)C(=O)NN)cs1. The summed E-state index contributed by atoms with van der Waals surface area (Å²) in [6, 6.07) is 0. The van der Waals surface area contributed by atoms with Crippen molar-refractivity contribution >= 4 is 23.2 Å². The third kappa shape index (κ3) is 3.30. The van der Waals surface area contributed by atoms with Gasteiger partial charge in [0.25, 0.3) is 0 Å². The zero-order valence-electron chi connectivity index (χ0n) is 11.1. The van der Waals surface area contributed by atoms with Crippen molar-refractivity contribution in [1.82, 2.24) is 10.4 Å². The Morgan fingerprint density at radius 1 is 1.53 bits per heavy atom. The first-order valence-electron chi connectivity index (χ1n) is 6.17. The van der Waals surface area contributed by atoms with Crippen molar-refractivity contribution in [3.8, 4) is 0 Å². The molecular weight excluding hydrogens is 266 g/mol. The molecule has 1 unspecified atom stereocenters. The molecule has 19 heavy (non-hydrogen) atoms. The van der Waals surface area contributed by atoms with Crippen LogP contribution < -0.4 is 11.3 Å². The summed E-state index contributed by atoms with van der Waals surface area (Å²) in [7, 11) is 0. The largest absolute Gasteiger partial charge is 0.481 e. The Hall–Kier alpha value is -1.47. The number of aromatic nitrogens is 1. The van der Waals surface area contributed by atoms with Gasteiger partial charge in [0.2, 0.25) is 5.91 Å². The second kappa shape index (κ2) is 6.63. The predicted octanol–water partition coefficient (Wildman–Crippen LogP) is 1.21. The third-order valence-corrected chi connectivity index (χ3v) is 4.27. The average molecular weight is 285 g/mol. The van der Waals surface area contributed by atoms with Crippen LogP contribution in [-0.4, -0.2) is 22.0 Å². The van der Waals surface area contributed by atoms with E-state index >= 15 is 0 Å². The van der Waals surface area contributed by atoms with Crippen molar-refractivity contribution in [1.29, 1.82) is 0 Å². The predicted molar refractivity (Wildman–Crippen MR) is 72.7 cm³/mol. The number of hydrazine groups is 1. The van der Waals surface area contributed by atoms with Gasteiger partial charge >= 0.3 is 5.97 Å². The highest BCUT2D eigenvalue weighted by Gasteiger charge is 2.40. The van der Waals surface area contributed by atoms with Crippen LogP contribution in [0.25, 0.3) is 0 Å². The molecule has 0 spiro atoms. The molecule has 0 radical (unpaired) electrons. The highest BCUT2D eigenvalue weighted by Crippen LogP contribution is 2.34. The Balaban J connectivity index is 3.14. The second-order valence-corrected chi connectivity index (χ2v) is 5.23. The molecule has 0 fully saturated rings. The molecular formula is C12H19N3O3S. The fourth-order valence-corrected chi connectivity index (χ4v) is 2.87. The Morgan fingerprint density at radius 2 is 2.21 bits per heavy atom. The fourth-order valence-electron chi connectivity index (χ4n) is 2.03. The summed E-state index contributed by atoms with van der Waals surface area (Å²) in [5.74, 6) is 3.92. The Labute approximate surface area is 116 Å². The molecule has 1 rings (SSSR count). The molecule has 1 aromatic heterocycles. The lowest BCUT2D eigenvalue weighted by molar-refractivity contribution is -0.138. The lowest BCUT2D eigenvalue weighted by atomic mass is 9.77.